The van der Waals surface area contributed by atoms with E-state index in [1.54, 1.807) is 19.1 Å². The minimum absolute atomic E-state index is 0.185. The fourth-order valence-electron chi connectivity index (χ4n) is 1.67. The third-order valence-electron chi connectivity index (χ3n) is 2.93. The molecule has 0 spiro atoms. The summed E-state index contributed by atoms with van der Waals surface area (Å²) in [5.41, 5.74) is 1.45. The normalized spacial score (nSPS) is 15.5. The van der Waals surface area contributed by atoms with Gasteiger partial charge in [0.05, 0.1) is 15.7 Å². The topological polar surface area (TPSA) is 38.3 Å². The van der Waals surface area contributed by atoms with Crippen LogP contribution < -0.4 is 9.46 Å². The third kappa shape index (κ3) is 5.96. The molecule has 0 saturated heterocycles. The average Bonchev–Trinajstić information content (AvgIpc) is 2.34. The Hall–Kier alpha value is -1.08. The van der Waals surface area contributed by atoms with E-state index in [1.807, 2.05) is 27.7 Å². The first-order valence-electron chi connectivity index (χ1n) is 6.88. The summed E-state index contributed by atoms with van der Waals surface area (Å²) in [7, 11) is -1.23. The van der Waals surface area contributed by atoms with Crippen molar-refractivity contribution >= 4 is 11.0 Å². The highest BCUT2D eigenvalue weighted by Gasteiger charge is 2.28. The molecule has 0 aliphatic rings. The lowest BCUT2D eigenvalue weighted by molar-refractivity contribution is -0.153. The van der Waals surface area contributed by atoms with Crippen LogP contribution in [-0.2, 0) is 11.0 Å². The van der Waals surface area contributed by atoms with E-state index < -0.39 is 23.8 Å². The molecule has 1 aromatic carbocycles. The van der Waals surface area contributed by atoms with Gasteiger partial charge in [0.2, 0.25) is 0 Å². The molecule has 0 fully saturated rings. The summed E-state index contributed by atoms with van der Waals surface area (Å²) < 4.78 is 55.9. The molecule has 0 aromatic heterocycles. The Kier molecular flexibility index (Phi) is 6.03. The molecule has 1 rings (SSSR count). The Bertz CT molecular complexity index is 539. The number of rotatable bonds is 5. The highest BCUT2D eigenvalue weighted by Crippen LogP contribution is 2.25. The Balaban J connectivity index is 2.78. The number of halogens is 3. The number of nitrogens with one attached hydrogen (secondary N) is 1. The number of alkyl halides is 3. The third-order valence-corrected chi connectivity index (χ3v) is 4.61. The molecular formula is C15H22F3NO2S. The number of hydrogen-bond acceptors (Lipinski definition) is 2. The maximum absolute atomic E-state index is 12.2. The van der Waals surface area contributed by atoms with Crippen molar-refractivity contribution in [1.29, 1.82) is 0 Å². The summed E-state index contributed by atoms with van der Waals surface area (Å²) in [5.74, 6) is 0.199. The fraction of sp³-hybridized carbons (Fsp3) is 0.600. The summed E-state index contributed by atoms with van der Waals surface area (Å²) in [6.45, 7) is 7.82. The van der Waals surface area contributed by atoms with E-state index in [1.165, 1.54) is 6.07 Å². The van der Waals surface area contributed by atoms with Crippen LogP contribution in [0.3, 0.4) is 0 Å². The molecule has 22 heavy (non-hydrogen) atoms. The van der Waals surface area contributed by atoms with Crippen LogP contribution in [0.1, 0.15) is 44.9 Å². The van der Waals surface area contributed by atoms with Crippen molar-refractivity contribution < 1.29 is 22.1 Å². The molecule has 126 valence electrons. The summed E-state index contributed by atoms with van der Waals surface area (Å²) in [4.78, 5) is 0. The Morgan fingerprint density at radius 3 is 2.32 bits per heavy atom. The summed E-state index contributed by atoms with van der Waals surface area (Å²) in [5, 5.41) is 0. The van der Waals surface area contributed by atoms with Gasteiger partial charge in [-0.2, -0.15) is 13.2 Å². The predicted molar refractivity (Wildman–Crippen MR) is 82.2 cm³/mol. The van der Waals surface area contributed by atoms with E-state index in [0.29, 0.717) is 5.56 Å². The van der Waals surface area contributed by atoms with Gasteiger partial charge in [-0.3, -0.25) is 0 Å². The number of hydrogen-bond donors (Lipinski definition) is 1. The first kappa shape index (κ1) is 19.0. The zero-order valence-corrected chi connectivity index (χ0v) is 14.2. The van der Waals surface area contributed by atoms with Crippen molar-refractivity contribution in [1.82, 2.24) is 4.72 Å². The predicted octanol–water partition coefficient (Wildman–Crippen LogP) is 4.05. The van der Waals surface area contributed by atoms with Crippen LogP contribution in [0.25, 0.3) is 0 Å². The molecule has 0 bridgehead atoms. The van der Waals surface area contributed by atoms with Gasteiger partial charge in [0.1, 0.15) is 5.75 Å². The molecule has 3 nitrogen and oxygen atoms in total. The summed E-state index contributed by atoms with van der Waals surface area (Å²) >= 11 is 0. The van der Waals surface area contributed by atoms with Crippen LogP contribution in [0.2, 0.25) is 0 Å². The molecule has 0 aliphatic carbocycles. The quantitative estimate of drug-likeness (QED) is 0.880. The maximum atomic E-state index is 12.2. The van der Waals surface area contributed by atoms with Crippen LogP contribution >= 0.6 is 0 Å². The second-order valence-electron chi connectivity index (χ2n) is 6.15. The van der Waals surface area contributed by atoms with Crippen molar-refractivity contribution in [2.24, 2.45) is 0 Å². The van der Waals surface area contributed by atoms with Gasteiger partial charge in [-0.05, 0) is 51.8 Å². The average molecular weight is 337 g/mol. The molecule has 1 N–H and O–H groups in total. The van der Waals surface area contributed by atoms with Crippen molar-refractivity contribution in [3.05, 3.63) is 29.3 Å². The maximum Gasteiger partial charge on any atom is 0.422 e. The van der Waals surface area contributed by atoms with E-state index in [0.717, 1.165) is 5.56 Å². The van der Waals surface area contributed by atoms with Crippen molar-refractivity contribution in [2.45, 2.75) is 51.6 Å². The second kappa shape index (κ2) is 7.00. The Labute approximate surface area is 131 Å². The highest BCUT2D eigenvalue weighted by atomic mass is 32.2. The summed E-state index contributed by atoms with van der Waals surface area (Å²) in [6, 6.07) is 4.74. The second-order valence-corrected chi connectivity index (χ2v) is 8.15. The SMILES string of the molecule is Cc1cc([C@@H](C)NS(=O)C(C)(C)C)ccc1OCC(F)(F)F. The lowest BCUT2D eigenvalue weighted by atomic mass is 10.1. The van der Waals surface area contributed by atoms with Crippen molar-refractivity contribution in [3.63, 3.8) is 0 Å². The van der Waals surface area contributed by atoms with Crippen molar-refractivity contribution in [3.8, 4) is 5.75 Å². The molecular weight excluding hydrogens is 315 g/mol. The van der Waals surface area contributed by atoms with E-state index in [-0.39, 0.29) is 16.5 Å². The minimum Gasteiger partial charge on any atom is -0.484 e. The van der Waals surface area contributed by atoms with E-state index in [4.69, 9.17) is 4.74 Å². The molecule has 0 aliphatic heterocycles. The van der Waals surface area contributed by atoms with Crippen LogP contribution in [0, 0.1) is 6.92 Å². The van der Waals surface area contributed by atoms with Gasteiger partial charge >= 0.3 is 6.18 Å². The molecule has 2 atom stereocenters. The van der Waals surface area contributed by atoms with E-state index in [9.17, 15) is 17.4 Å². The van der Waals surface area contributed by atoms with Crippen LogP contribution in [-0.4, -0.2) is 21.7 Å². The van der Waals surface area contributed by atoms with Gasteiger partial charge in [0.15, 0.2) is 6.61 Å². The molecule has 1 aromatic rings. The first-order chi connectivity index (χ1) is 9.90. The number of benzene rings is 1. The molecule has 0 radical (unpaired) electrons. The van der Waals surface area contributed by atoms with E-state index in [2.05, 4.69) is 4.72 Å². The molecule has 7 heteroatoms. The van der Waals surface area contributed by atoms with Crippen LogP contribution in [0.5, 0.6) is 5.75 Å². The van der Waals surface area contributed by atoms with Crippen molar-refractivity contribution in [2.75, 3.05) is 6.61 Å². The molecule has 0 amide bonds. The van der Waals surface area contributed by atoms with Gasteiger partial charge in [-0.1, -0.05) is 12.1 Å². The highest BCUT2D eigenvalue weighted by molar-refractivity contribution is 7.84. The minimum atomic E-state index is -4.36. The molecule has 0 heterocycles. The molecule has 0 saturated carbocycles. The standard InChI is InChI=1S/C15H22F3NO2S/c1-10-8-12(11(2)19-22(20)14(3,4)5)6-7-13(10)21-9-15(16,17)18/h6-8,11,19H,9H2,1-5H3/t11-,22?/m1/s1. The zero-order chi connectivity index (χ0) is 17.1. The number of ether oxygens (including phenoxy) is 1. The monoisotopic (exact) mass is 337 g/mol. The van der Waals surface area contributed by atoms with Gasteiger partial charge < -0.3 is 4.74 Å². The Morgan fingerprint density at radius 1 is 1.27 bits per heavy atom. The van der Waals surface area contributed by atoms with Gasteiger partial charge in [0.25, 0.3) is 0 Å². The van der Waals surface area contributed by atoms with E-state index >= 15 is 0 Å². The smallest absolute Gasteiger partial charge is 0.422 e. The lowest BCUT2D eigenvalue weighted by Crippen LogP contribution is -2.34. The first-order valence-corrected chi connectivity index (χ1v) is 8.03. The number of aryl methyl sites for hydroxylation is 1. The zero-order valence-electron chi connectivity index (χ0n) is 13.4. The Morgan fingerprint density at radius 2 is 1.86 bits per heavy atom. The van der Waals surface area contributed by atoms with Gasteiger partial charge in [0, 0.05) is 6.04 Å². The fourth-order valence-corrected chi connectivity index (χ4v) is 2.48. The van der Waals surface area contributed by atoms with Gasteiger partial charge in [-0.15, -0.1) is 0 Å². The van der Waals surface area contributed by atoms with Gasteiger partial charge in [-0.25, -0.2) is 8.93 Å². The molecule has 1 unspecified atom stereocenters. The van der Waals surface area contributed by atoms with Crippen LogP contribution in [0.15, 0.2) is 18.2 Å². The van der Waals surface area contributed by atoms with Crippen LogP contribution in [0.4, 0.5) is 13.2 Å². The summed E-state index contributed by atoms with van der Waals surface area (Å²) in [6.07, 6.45) is -4.36. The largest absolute Gasteiger partial charge is 0.484 e. The lowest BCUT2D eigenvalue weighted by Gasteiger charge is -2.22.